The molecule has 0 saturated carbocycles. The lowest BCUT2D eigenvalue weighted by Crippen LogP contribution is -2.48. The van der Waals surface area contributed by atoms with Crippen molar-refractivity contribution in [1.82, 2.24) is 15.2 Å². The third-order valence-electron chi connectivity index (χ3n) is 3.49. The normalized spacial score (nSPS) is 17.7. The minimum absolute atomic E-state index is 0.0273. The van der Waals surface area contributed by atoms with Gasteiger partial charge in [-0.3, -0.25) is 5.32 Å². The van der Waals surface area contributed by atoms with Crippen LogP contribution in [0.15, 0.2) is 41.5 Å². The number of hydrogen-bond acceptors (Lipinski definition) is 6. The van der Waals surface area contributed by atoms with Crippen molar-refractivity contribution in [1.29, 1.82) is 0 Å². The number of rotatable bonds is 1. The molecular formula is C15H14N4O4. The molecule has 4 N–H and O–H groups in total. The van der Waals surface area contributed by atoms with E-state index in [0.717, 1.165) is 5.39 Å². The number of phenolic OH excluding ortho intramolecular Hbond substituents is 1. The maximum atomic E-state index is 10.7. The molecule has 1 aromatic carbocycles. The number of phenols is 1. The first kappa shape index (κ1) is 14.8. The zero-order chi connectivity index (χ0) is 16.6. The number of hydrogen-bond donors (Lipinski definition) is 4. The van der Waals surface area contributed by atoms with E-state index in [2.05, 4.69) is 15.3 Å². The molecule has 2 aromatic rings. The van der Waals surface area contributed by atoms with Crippen LogP contribution in [0.3, 0.4) is 0 Å². The molecule has 1 atom stereocenters. The highest BCUT2D eigenvalue weighted by molar-refractivity contribution is 5.96. The fraction of sp³-hybridized carbons (Fsp3) is 0.133. The molecule has 1 aliphatic rings. The number of pyridine rings is 1. The number of likely N-dealkylation sites (N-methyl/N-ethyl adjacent to an activating group) is 1. The van der Waals surface area contributed by atoms with Crippen LogP contribution < -0.4 is 5.32 Å². The number of nitrogens with one attached hydrogen (secondary N) is 1. The standard InChI is InChI=1S/C15H14N4O4/c1-19-13(21)10(7-16-14(19)18-15(22)23)12-4-2-8-6-9(20)3-5-11(8)17-12/h2-7,13,20-21H,1H3,(H,16,18)(H,22,23). The number of nitrogens with zero attached hydrogens (tertiary/aromatic N) is 3. The minimum Gasteiger partial charge on any atom is -0.508 e. The molecule has 23 heavy (non-hydrogen) atoms. The van der Waals surface area contributed by atoms with E-state index in [0.29, 0.717) is 16.8 Å². The van der Waals surface area contributed by atoms with Gasteiger partial charge in [-0.15, -0.1) is 0 Å². The maximum absolute atomic E-state index is 10.7. The van der Waals surface area contributed by atoms with E-state index in [4.69, 9.17) is 5.11 Å². The number of aromatic nitrogens is 1. The molecule has 8 nitrogen and oxygen atoms in total. The fourth-order valence-electron chi connectivity index (χ4n) is 2.30. The SMILES string of the molecule is CN1C(NC(=O)O)=NC=C(c2ccc3cc(O)ccc3n2)C1O. The predicted molar refractivity (Wildman–Crippen MR) is 83.8 cm³/mol. The van der Waals surface area contributed by atoms with Crippen molar-refractivity contribution >= 4 is 28.5 Å². The van der Waals surface area contributed by atoms with Crippen LogP contribution in [0.5, 0.6) is 5.75 Å². The predicted octanol–water partition coefficient (Wildman–Crippen LogP) is 1.17. The Bertz CT molecular complexity index is 846. The van der Waals surface area contributed by atoms with Gasteiger partial charge in [-0.25, -0.2) is 14.8 Å². The Kier molecular flexibility index (Phi) is 3.59. The highest BCUT2D eigenvalue weighted by Gasteiger charge is 2.26. The molecule has 0 fully saturated rings. The van der Waals surface area contributed by atoms with Gasteiger partial charge in [-0.05, 0) is 24.3 Å². The van der Waals surface area contributed by atoms with Gasteiger partial charge >= 0.3 is 6.09 Å². The molecule has 0 radical (unpaired) electrons. The monoisotopic (exact) mass is 314 g/mol. The zero-order valence-electron chi connectivity index (χ0n) is 12.1. The lowest BCUT2D eigenvalue weighted by molar-refractivity contribution is 0.118. The molecule has 0 bridgehead atoms. The Morgan fingerprint density at radius 1 is 1.30 bits per heavy atom. The van der Waals surface area contributed by atoms with E-state index in [1.807, 2.05) is 0 Å². The second-order valence-corrected chi connectivity index (χ2v) is 5.03. The lowest BCUT2D eigenvalue weighted by Gasteiger charge is -2.30. The topological polar surface area (TPSA) is 118 Å². The fourth-order valence-corrected chi connectivity index (χ4v) is 2.30. The summed E-state index contributed by atoms with van der Waals surface area (Å²) in [7, 11) is 1.52. The van der Waals surface area contributed by atoms with Crippen molar-refractivity contribution in [3.63, 3.8) is 0 Å². The Morgan fingerprint density at radius 2 is 2.09 bits per heavy atom. The largest absolute Gasteiger partial charge is 0.508 e. The number of aliphatic hydroxyl groups is 1. The van der Waals surface area contributed by atoms with Crippen LogP contribution in [0.2, 0.25) is 0 Å². The molecule has 8 heteroatoms. The van der Waals surface area contributed by atoms with Crippen molar-refractivity contribution in [2.45, 2.75) is 6.23 Å². The summed E-state index contributed by atoms with van der Waals surface area (Å²) in [5, 5.41) is 31.4. The second-order valence-electron chi connectivity index (χ2n) is 5.03. The van der Waals surface area contributed by atoms with Gasteiger partial charge in [-0.1, -0.05) is 6.07 Å². The van der Waals surface area contributed by atoms with Gasteiger partial charge in [0.25, 0.3) is 0 Å². The molecule has 118 valence electrons. The van der Waals surface area contributed by atoms with Crippen molar-refractivity contribution in [2.75, 3.05) is 7.05 Å². The molecule has 1 unspecified atom stereocenters. The summed E-state index contributed by atoms with van der Waals surface area (Å²) in [6.07, 6.45) is -0.968. The first-order valence-electron chi connectivity index (χ1n) is 6.74. The number of benzene rings is 1. The van der Waals surface area contributed by atoms with E-state index < -0.39 is 12.3 Å². The van der Waals surface area contributed by atoms with Gasteiger partial charge in [0.1, 0.15) is 5.75 Å². The molecule has 0 spiro atoms. The van der Waals surface area contributed by atoms with Crippen LogP contribution in [-0.4, -0.2) is 50.5 Å². The highest BCUT2D eigenvalue weighted by Crippen LogP contribution is 2.25. The lowest BCUT2D eigenvalue weighted by atomic mass is 10.1. The summed E-state index contributed by atoms with van der Waals surface area (Å²) in [6, 6.07) is 8.28. The van der Waals surface area contributed by atoms with Gasteiger partial charge in [0.2, 0.25) is 5.96 Å². The third kappa shape index (κ3) is 2.79. The number of aliphatic hydroxyl groups excluding tert-OH is 1. The van der Waals surface area contributed by atoms with E-state index in [1.165, 1.54) is 24.2 Å². The summed E-state index contributed by atoms with van der Waals surface area (Å²) >= 11 is 0. The molecule has 1 amide bonds. The summed E-state index contributed by atoms with van der Waals surface area (Å²) in [4.78, 5) is 20.4. The van der Waals surface area contributed by atoms with Crippen LogP contribution in [0.25, 0.3) is 16.5 Å². The molecule has 0 saturated heterocycles. The zero-order valence-corrected chi connectivity index (χ0v) is 12.1. The molecule has 0 aliphatic carbocycles. The van der Waals surface area contributed by atoms with Crippen LogP contribution in [0.1, 0.15) is 5.69 Å². The van der Waals surface area contributed by atoms with Gasteiger partial charge in [-0.2, -0.15) is 0 Å². The number of amides is 1. The number of aliphatic imine (C=N–C) groups is 1. The quantitative estimate of drug-likeness (QED) is 0.627. The average Bonchev–Trinajstić information content (AvgIpc) is 2.51. The Balaban J connectivity index is 2.00. The van der Waals surface area contributed by atoms with Crippen molar-refractivity contribution in [3.05, 3.63) is 42.2 Å². The van der Waals surface area contributed by atoms with E-state index in [1.54, 1.807) is 24.3 Å². The van der Waals surface area contributed by atoms with Crippen LogP contribution in [0.4, 0.5) is 4.79 Å². The summed E-state index contributed by atoms with van der Waals surface area (Å²) in [6.45, 7) is 0. The summed E-state index contributed by atoms with van der Waals surface area (Å²) in [5.41, 5.74) is 1.62. The van der Waals surface area contributed by atoms with Crippen LogP contribution in [0, 0.1) is 0 Å². The van der Waals surface area contributed by atoms with Crippen molar-refractivity contribution in [3.8, 4) is 5.75 Å². The van der Waals surface area contributed by atoms with Gasteiger partial charge in [0, 0.05) is 24.2 Å². The Labute approximate surface area is 131 Å². The first-order chi connectivity index (χ1) is 11.0. The first-order valence-corrected chi connectivity index (χ1v) is 6.74. The van der Waals surface area contributed by atoms with Crippen molar-refractivity contribution < 1.29 is 20.1 Å². The molecule has 1 aliphatic heterocycles. The van der Waals surface area contributed by atoms with Crippen LogP contribution >= 0.6 is 0 Å². The van der Waals surface area contributed by atoms with Gasteiger partial charge in [0.15, 0.2) is 6.23 Å². The van der Waals surface area contributed by atoms with Gasteiger partial charge < -0.3 is 20.2 Å². The molecule has 1 aromatic heterocycles. The van der Waals surface area contributed by atoms with E-state index >= 15 is 0 Å². The molecule has 3 rings (SSSR count). The molecule has 2 heterocycles. The summed E-state index contributed by atoms with van der Waals surface area (Å²) < 4.78 is 0. The maximum Gasteiger partial charge on any atom is 0.411 e. The van der Waals surface area contributed by atoms with Gasteiger partial charge in [0.05, 0.1) is 11.2 Å². The van der Waals surface area contributed by atoms with E-state index in [-0.39, 0.29) is 11.7 Å². The number of carboxylic acid groups (broad SMARTS) is 1. The van der Waals surface area contributed by atoms with Crippen molar-refractivity contribution in [2.24, 2.45) is 4.99 Å². The smallest absolute Gasteiger partial charge is 0.411 e. The number of guanidine groups is 1. The number of aromatic hydroxyl groups is 1. The number of fused-ring (bicyclic) bond motifs is 1. The van der Waals surface area contributed by atoms with Crippen LogP contribution in [-0.2, 0) is 0 Å². The Hall–Kier alpha value is -3.13. The molecular weight excluding hydrogens is 300 g/mol. The summed E-state index contributed by atoms with van der Waals surface area (Å²) in [5.74, 6) is 0.178. The number of carbonyl (C=O) groups is 1. The Morgan fingerprint density at radius 3 is 2.83 bits per heavy atom. The minimum atomic E-state index is -1.26. The highest BCUT2D eigenvalue weighted by atomic mass is 16.4. The second kappa shape index (κ2) is 5.58. The third-order valence-corrected chi connectivity index (χ3v) is 3.49. The average molecular weight is 314 g/mol. The van der Waals surface area contributed by atoms with E-state index in [9.17, 15) is 15.0 Å².